The van der Waals surface area contributed by atoms with Crippen LogP contribution in [0.1, 0.15) is 47.0 Å². The van der Waals surface area contributed by atoms with Crippen molar-refractivity contribution in [3.63, 3.8) is 0 Å². The first-order chi connectivity index (χ1) is 5.68. The van der Waals surface area contributed by atoms with Crippen LogP contribution in [0.5, 0.6) is 0 Å². The van der Waals surface area contributed by atoms with E-state index in [1.807, 2.05) is 13.8 Å². The second-order valence-corrected chi connectivity index (χ2v) is 3.04. The molecule has 0 amide bonds. The maximum absolute atomic E-state index is 5.61. The Balaban J connectivity index is 3.63. The van der Waals surface area contributed by atoms with E-state index >= 15 is 0 Å². The highest BCUT2D eigenvalue weighted by molar-refractivity contribution is 4.61. The summed E-state index contributed by atoms with van der Waals surface area (Å²) in [6.45, 7) is 10.5. The summed E-state index contributed by atoms with van der Waals surface area (Å²) >= 11 is 0. The zero-order valence-electron chi connectivity index (χ0n) is 8.72. The standard InChI is InChI=1S/C10H21O2/c1-5-8-9-12-10(4,6-2)11-7-3/h7H,5-6,8-9H2,1-4H3. The van der Waals surface area contributed by atoms with E-state index in [-0.39, 0.29) is 0 Å². The van der Waals surface area contributed by atoms with Gasteiger partial charge in [-0.3, -0.25) is 0 Å². The van der Waals surface area contributed by atoms with Crippen molar-refractivity contribution in [3.05, 3.63) is 6.61 Å². The number of ether oxygens (including phenoxy) is 2. The van der Waals surface area contributed by atoms with E-state index in [1.165, 1.54) is 0 Å². The zero-order chi connectivity index (χ0) is 9.45. The van der Waals surface area contributed by atoms with E-state index in [0.29, 0.717) is 0 Å². The summed E-state index contributed by atoms with van der Waals surface area (Å²) in [5.41, 5.74) is 0. The minimum atomic E-state index is -0.413. The van der Waals surface area contributed by atoms with Gasteiger partial charge in [0, 0.05) is 6.61 Å². The molecule has 0 heterocycles. The van der Waals surface area contributed by atoms with Gasteiger partial charge in [0.15, 0.2) is 5.79 Å². The minimum absolute atomic E-state index is 0.413. The van der Waals surface area contributed by atoms with Gasteiger partial charge in [0.1, 0.15) is 0 Å². The lowest BCUT2D eigenvalue weighted by molar-refractivity contribution is -0.208. The van der Waals surface area contributed by atoms with Crippen molar-refractivity contribution in [3.8, 4) is 0 Å². The average Bonchev–Trinajstić information content (AvgIpc) is 2.06. The molecule has 2 nitrogen and oxygen atoms in total. The summed E-state index contributed by atoms with van der Waals surface area (Å²) in [4.78, 5) is 0. The molecule has 1 unspecified atom stereocenters. The molecule has 0 N–H and O–H groups in total. The molecule has 0 saturated carbocycles. The molecule has 0 aliphatic rings. The van der Waals surface area contributed by atoms with E-state index in [1.54, 1.807) is 6.61 Å². The Labute approximate surface area is 76.3 Å². The Kier molecular flexibility index (Phi) is 6.39. The Bertz CT molecular complexity index is 104. The van der Waals surface area contributed by atoms with E-state index < -0.39 is 5.79 Å². The molecule has 2 heteroatoms. The van der Waals surface area contributed by atoms with Crippen LogP contribution in [0.15, 0.2) is 0 Å². The number of rotatable bonds is 7. The van der Waals surface area contributed by atoms with Gasteiger partial charge in [-0.2, -0.15) is 0 Å². The monoisotopic (exact) mass is 173 g/mol. The molecule has 0 spiro atoms. The van der Waals surface area contributed by atoms with Crippen LogP contribution in [0.4, 0.5) is 0 Å². The van der Waals surface area contributed by atoms with Crippen LogP contribution < -0.4 is 0 Å². The van der Waals surface area contributed by atoms with E-state index in [4.69, 9.17) is 9.47 Å². The fourth-order valence-electron chi connectivity index (χ4n) is 0.901. The van der Waals surface area contributed by atoms with Gasteiger partial charge >= 0.3 is 0 Å². The molecule has 0 rings (SSSR count). The van der Waals surface area contributed by atoms with Gasteiger partial charge in [-0.15, -0.1) is 0 Å². The normalized spacial score (nSPS) is 16.0. The lowest BCUT2D eigenvalue weighted by atomic mass is 10.2. The first-order valence-corrected chi connectivity index (χ1v) is 4.78. The maximum Gasteiger partial charge on any atom is 0.165 e. The lowest BCUT2D eigenvalue weighted by Gasteiger charge is -2.27. The van der Waals surface area contributed by atoms with Gasteiger partial charge in [0.25, 0.3) is 0 Å². The molecule has 0 aromatic heterocycles. The van der Waals surface area contributed by atoms with Crippen LogP contribution in [0.25, 0.3) is 0 Å². The molecule has 0 fully saturated rings. The zero-order valence-corrected chi connectivity index (χ0v) is 8.72. The molecule has 73 valence electrons. The molecule has 1 atom stereocenters. The fourth-order valence-corrected chi connectivity index (χ4v) is 0.901. The highest BCUT2D eigenvalue weighted by atomic mass is 16.7. The summed E-state index contributed by atoms with van der Waals surface area (Å²) in [6, 6.07) is 0. The summed E-state index contributed by atoms with van der Waals surface area (Å²) in [5.74, 6) is -0.413. The van der Waals surface area contributed by atoms with Crippen LogP contribution in [-0.2, 0) is 9.47 Å². The molecule has 0 aromatic rings. The third-order valence-electron chi connectivity index (χ3n) is 1.91. The minimum Gasteiger partial charge on any atom is -0.350 e. The Hall–Kier alpha value is -0.0800. The van der Waals surface area contributed by atoms with Crippen molar-refractivity contribution in [1.82, 2.24) is 0 Å². The van der Waals surface area contributed by atoms with E-state index in [9.17, 15) is 0 Å². The predicted molar refractivity (Wildman–Crippen MR) is 50.6 cm³/mol. The van der Waals surface area contributed by atoms with Gasteiger partial charge in [-0.25, -0.2) is 0 Å². The van der Waals surface area contributed by atoms with Crippen molar-refractivity contribution < 1.29 is 9.47 Å². The topological polar surface area (TPSA) is 18.5 Å². The van der Waals surface area contributed by atoms with Crippen LogP contribution in [0, 0.1) is 6.61 Å². The molecule has 0 bridgehead atoms. The first kappa shape index (κ1) is 11.9. The smallest absolute Gasteiger partial charge is 0.165 e. The van der Waals surface area contributed by atoms with E-state index in [0.717, 1.165) is 25.9 Å². The number of hydrogen-bond acceptors (Lipinski definition) is 2. The SMILES string of the molecule is C[CH]OC(C)(CC)OCCCC. The van der Waals surface area contributed by atoms with Crippen LogP contribution in [-0.4, -0.2) is 12.4 Å². The Morgan fingerprint density at radius 1 is 1.33 bits per heavy atom. The van der Waals surface area contributed by atoms with E-state index in [2.05, 4.69) is 13.8 Å². The summed E-state index contributed by atoms with van der Waals surface area (Å²) in [7, 11) is 0. The second kappa shape index (κ2) is 6.44. The van der Waals surface area contributed by atoms with Crippen molar-refractivity contribution in [1.29, 1.82) is 0 Å². The molecule has 12 heavy (non-hydrogen) atoms. The van der Waals surface area contributed by atoms with Crippen LogP contribution in [0.3, 0.4) is 0 Å². The van der Waals surface area contributed by atoms with Gasteiger partial charge in [0.05, 0.1) is 6.61 Å². The predicted octanol–water partition coefficient (Wildman–Crippen LogP) is 3.13. The van der Waals surface area contributed by atoms with Gasteiger partial charge in [-0.1, -0.05) is 20.3 Å². The van der Waals surface area contributed by atoms with Gasteiger partial charge in [0.2, 0.25) is 0 Å². The lowest BCUT2D eigenvalue weighted by Crippen LogP contribution is -2.30. The first-order valence-electron chi connectivity index (χ1n) is 4.78. The maximum atomic E-state index is 5.61. The molecule has 1 radical (unpaired) electrons. The second-order valence-electron chi connectivity index (χ2n) is 3.04. The highest BCUT2D eigenvalue weighted by Crippen LogP contribution is 2.18. The molecule has 0 aliphatic carbocycles. The van der Waals surface area contributed by atoms with Crippen LogP contribution >= 0.6 is 0 Å². The number of hydrogen-bond donors (Lipinski definition) is 0. The molecule has 0 aromatic carbocycles. The summed E-state index contributed by atoms with van der Waals surface area (Å²) in [6.07, 6.45) is 3.14. The molecule has 0 saturated heterocycles. The Morgan fingerprint density at radius 3 is 2.42 bits per heavy atom. The van der Waals surface area contributed by atoms with Gasteiger partial charge < -0.3 is 9.47 Å². The quantitative estimate of drug-likeness (QED) is 0.435. The van der Waals surface area contributed by atoms with Crippen molar-refractivity contribution in [2.24, 2.45) is 0 Å². The average molecular weight is 173 g/mol. The van der Waals surface area contributed by atoms with Crippen molar-refractivity contribution >= 4 is 0 Å². The third-order valence-corrected chi connectivity index (χ3v) is 1.91. The largest absolute Gasteiger partial charge is 0.350 e. The fraction of sp³-hybridized carbons (Fsp3) is 0.900. The number of unbranched alkanes of at least 4 members (excludes halogenated alkanes) is 1. The summed E-state index contributed by atoms with van der Waals surface area (Å²) in [5, 5.41) is 0. The van der Waals surface area contributed by atoms with Crippen molar-refractivity contribution in [2.45, 2.75) is 52.7 Å². The molecular formula is C10H21O2. The summed E-state index contributed by atoms with van der Waals surface area (Å²) < 4.78 is 11.0. The van der Waals surface area contributed by atoms with Crippen molar-refractivity contribution in [2.75, 3.05) is 6.61 Å². The van der Waals surface area contributed by atoms with Crippen LogP contribution in [0.2, 0.25) is 0 Å². The molecular weight excluding hydrogens is 152 g/mol. The van der Waals surface area contributed by atoms with Gasteiger partial charge in [-0.05, 0) is 26.7 Å². The molecule has 0 aliphatic heterocycles. The Morgan fingerprint density at radius 2 is 2.00 bits per heavy atom. The highest BCUT2D eigenvalue weighted by Gasteiger charge is 2.22. The third kappa shape index (κ3) is 4.73.